The summed E-state index contributed by atoms with van der Waals surface area (Å²) in [6.45, 7) is 4.79. The summed E-state index contributed by atoms with van der Waals surface area (Å²) in [6, 6.07) is 16.2. The molecule has 0 saturated heterocycles. The van der Waals surface area contributed by atoms with E-state index in [4.69, 9.17) is 15.0 Å². The fourth-order valence-corrected chi connectivity index (χ4v) is 7.64. The molecular formula is C42H39N3. The Kier molecular flexibility index (Phi) is 7.05. The maximum atomic E-state index is 5.11. The zero-order chi connectivity index (χ0) is 30.4. The van der Waals surface area contributed by atoms with Crippen LogP contribution in [0.4, 0.5) is 0 Å². The number of nitrogens with zero attached hydrogens (tertiary/aromatic N) is 3. The Morgan fingerprint density at radius 2 is 1.33 bits per heavy atom. The lowest BCUT2D eigenvalue weighted by atomic mass is 9.78. The van der Waals surface area contributed by atoms with Crippen LogP contribution in [-0.2, 0) is 5.41 Å². The number of hydrogen-bond donors (Lipinski definition) is 0. The van der Waals surface area contributed by atoms with Crippen LogP contribution in [0, 0.1) is 0 Å². The summed E-state index contributed by atoms with van der Waals surface area (Å²) in [5.41, 5.74) is 11.1. The molecule has 3 atom stereocenters. The van der Waals surface area contributed by atoms with Crippen molar-refractivity contribution in [3.05, 3.63) is 161 Å². The molecule has 0 radical (unpaired) electrons. The second-order valence-corrected chi connectivity index (χ2v) is 13.4. The Balaban J connectivity index is 1.09. The van der Waals surface area contributed by atoms with Crippen LogP contribution in [-0.4, -0.2) is 15.0 Å². The maximum absolute atomic E-state index is 5.11. The molecule has 0 spiro atoms. The lowest BCUT2D eigenvalue weighted by Gasteiger charge is -2.26. The molecule has 0 fully saturated rings. The number of benzene rings is 2. The van der Waals surface area contributed by atoms with Gasteiger partial charge in [-0.25, -0.2) is 15.0 Å². The number of fused-ring (bicyclic) bond motifs is 2. The van der Waals surface area contributed by atoms with E-state index in [1.165, 1.54) is 39.0 Å². The van der Waals surface area contributed by atoms with Crippen LogP contribution in [0.1, 0.15) is 97.9 Å². The smallest absolute Gasteiger partial charge is 0.139 e. The van der Waals surface area contributed by atoms with Crippen molar-refractivity contribution < 1.29 is 0 Å². The molecule has 5 aliphatic carbocycles. The van der Waals surface area contributed by atoms with Gasteiger partial charge in [0, 0.05) is 23.2 Å². The van der Waals surface area contributed by atoms with Gasteiger partial charge in [0.25, 0.3) is 0 Å². The van der Waals surface area contributed by atoms with E-state index in [0.29, 0.717) is 0 Å². The standard InChI is InChI=1S/C42H39N3/c1-42(2)37-22-10-9-21-35(37)36-24-23-33(27-38(36)42)31-18-11-17-30(25-31)32-19-12-20-34(26-32)41-44-39(28-13-5-3-6-14-28)43-40(45-41)29-15-7-4-8-16-29/h3-9,11-13,15,17-21,23-25,27-29,34H,10,14,16,22,26H2,1-2H3. The van der Waals surface area contributed by atoms with E-state index in [1.54, 1.807) is 5.57 Å². The van der Waals surface area contributed by atoms with E-state index in [0.717, 1.165) is 49.6 Å². The van der Waals surface area contributed by atoms with Gasteiger partial charge in [-0.3, -0.25) is 0 Å². The van der Waals surface area contributed by atoms with Gasteiger partial charge >= 0.3 is 0 Å². The molecule has 1 aromatic heterocycles. The van der Waals surface area contributed by atoms with Crippen molar-refractivity contribution in [2.24, 2.45) is 0 Å². The Bertz CT molecular complexity index is 1870. The maximum Gasteiger partial charge on any atom is 0.139 e. The molecule has 0 amide bonds. The molecule has 3 unspecified atom stereocenters. The van der Waals surface area contributed by atoms with Gasteiger partial charge in [0.1, 0.15) is 17.5 Å². The average Bonchev–Trinajstić information content (AvgIpc) is 3.34. The summed E-state index contributed by atoms with van der Waals surface area (Å²) in [5.74, 6) is 3.13. The average molecular weight is 586 g/mol. The van der Waals surface area contributed by atoms with Crippen molar-refractivity contribution in [2.75, 3.05) is 0 Å². The summed E-state index contributed by atoms with van der Waals surface area (Å²) in [5, 5.41) is 0. The van der Waals surface area contributed by atoms with Crippen molar-refractivity contribution in [3.8, 4) is 11.1 Å². The molecule has 0 aliphatic heterocycles. The van der Waals surface area contributed by atoms with Crippen molar-refractivity contribution in [1.82, 2.24) is 15.0 Å². The molecule has 1 heterocycles. The first kappa shape index (κ1) is 27.9. The van der Waals surface area contributed by atoms with Crippen LogP contribution in [0.25, 0.3) is 22.3 Å². The van der Waals surface area contributed by atoms with E-state index in [-0.39, 0.29) is 23.2 Å². The molecular weight excluding hydrogens is 546 g/mol. The lowest BCUT2D eigenvalue weighted by Crippen LogP contribution is -2.17. The third-order valence-corrected chi connectivity index (χ3v) is 10.2. The summed E-state index contributed by atoms with van der Waals surface area (Å²) >= 11 is 0. The SMILES string of the molecule is CC1(C)C2=C(C=CCC2)c2ccc(-c3cccc(C4=CC=CC(c5nc(C6C=CC=CC6)nc(C6C=CC=CC6)n5)C4)c3)cc21. The predicted molar refractivity (Wildman–Crippen MR) is 186 cm³/mol. The highest BCUT2D eigenvalue weighted by Gasteiger charge is 2.37. The van der Waals surface area contributed by atoms with Crippen LogP contribution >= 0.6 is 0 Å². The monoisotopic (exact) mass is 585 g/mol. The van der Waals surface area contributed by atoms with Gasteiger partial charge in [-0.2, -0.15) is 0 Å². The minimum atomic E-state index is 0.0720. The van der Waals surface area contributed by atoms with Crippen molar-refractivity contribution in [3.63, 3.8) is 0 Å². The molecule has 222 valence electrons. The molecule has 0 bridgehead atoms. The number of allylic oxidation sites excluding steroid dienone is 16. The molecule has 3 aromatic rings. The fourth-order valence-electron chi connectivity index (χ4n) is 7.64. The first-order valence-electron chi connectivity index (χ1n) is 16.5. The van der Waals surface area contributed by atoms with E-state index < -0.39 is 0 Å². The number of hydrogen-bond acceptors (Lipinski definition) is 3. The van der Waals surface area contributed by atoms with Gasteiger partial charge in [0.2, 0.25) is 0 Å². The first-order valence-corrected chi connectivity index (χ1v) is 16.5. The molecule has 0 saturated carbocycles. The molecule has 3 heteroatoms. The molecule has 0 N–H and O–H groups in total. The van der Waals surface area contributed by atoms with Gasteiger partial charge in [-0.05, 0) is 83.2 Å². The summed E-state index contributed by atoms with van der Waals surface area (Å²) in [6.07, 6.45) is 33.7. The highest BCUT2D eigenvalue weighted by Crippen LogP contribution is 2.51. The molecule has 2 aromatic carbocycles. The van der Waals surface area contributed by atoms with E-state index in [2.05, 4.69) is 135 Å². The minimum Gasteiger partial charge on any atom is -0.217 e. The molecule has 8 rings (SSSR count). The van der Waals surface area contributed by atoms with Crippen molar-refractivity contribution in [1.29, 1.82) is 0 Å². The van der Waals surface area contributed by atoms with E-state index in [1.807, 2.05) is 0 Å². The molecule has 45 heavy (non-hydrogen) atoms. The van der Waals surface area contributed by atoms with Gasteiger partial charge in [0.05, 0.1) is 0 Å². The van der Waals surface area contributed by atoms with Crippen LogP contribution in [0.15, 0.2) is 127 Å². The van der Waals surface area contributed by atoms with Crippen LogP contribution in [0.5, 0.6) is 0 Å². The Morgan fingerprint density at radius 3 is 2.04 bits per heavy atom. The predicted octanol–water partition coefficient (Wildman–Crippen LogP) is 10.3. The lowest BCUT2D eigenvalue weighted by molar-refractivity contribution is 0.607. The minimum absolute atomic E-state index is 0.0720. The zero-order valence-electron chi connectivity index (χ0n) is 26.2. The number of aromatic nitrogens is 3. The topological polar surface area (TPSA) is 38.7 Å². The summed E-state index contributed by atoms with van der Waals surface area (Å²) in [4.78, 5) is 15.2. The van der Waals surface area contributed by atoms with Gasteiger partial charge < -0.3 is 0 Å². The normalized spacial score (nSPS) is 24.1. The van der Waals surface area contributed by atoms with Crippen LogP contribution in [0.3, 0.4) is 0 Å². The van der Waals surface area contributed by atoms with Crippen LogP contribution < -0.4 is 0 Å². The quantitative estimate of drug-likeness (QED) is 0.299. The molecule has 3 nitrogen and oxygen atoms in total. The molecule has 5 aliphatic rings. The van der Waals surface area contributed by atoms with E-state index >= 15 is 0 Å². The van der Waals surface area contributed by atoms with Gasteiger partial charge in [-0.1, -0.05) is 129 Å². The fraction of sp³-hybridized carbons (Fsp3) is 0.262. The third kappa shape index (κ3) is 5.15. The largest absolute Gasteiger partial charge is 0.217 e. The first-order chi connectivity index (χ1) is 22.0. The van der Waals surface area contributed by atoms with Crippen LogP contribution in [0.2, 0.25) is 0 Å². The van der Waals surface area contributed by atoms with Crippen molar-refractivity contribution >= 4 is 11.1 Å². The highest BCUT2D eigenvalue weighted by atomic mass is 15.0. The highest BCUT2D eigenvalue weighted by molar-refractivity contribution is 5.88. The second-order valence-electron chi connectivity index (χ2n) is 13.4. The Hall–Kier alpha value is -4.63. The second kappa shape index (κ2) is 11.4. The van der Waals surface area contributed by atoms with Gasteiger partial charge in [0.15, 0.2) is 0 Å². The summed E-state index contributed by atoms with van der Waals surface area (Å²) < 4.78 is 0. The zero-order valence-corrected chi connectivity index (χ0v) is 26.2. The van der Waals surface area contributed by atoms with Gasteiger partial charge in [-0.15, -0.1) is 0 Å². The third-order valence-electron chi connectivity index (χ3n) is 10.2. The van der Waals surface area contributed by atoms with E-state index in [9.17, 15) is 0 Å². The Labute approximate surface area is 267 Å². The summed E-state index contributed by atoms with van der Waals surface area (Å²) in [7, 11) is 0. The number of rotatable bonds is 5. The van der Waals surface area contributed by atoms with Crippen molar-refractivity contribution in [2.45, 2.75) is 69.1 Å². The Morgan fingerprint density at radius 1 is 0.667 bits per heavy atom.